The molecule has 2 aliphatic carbocycles. The maximum Gasteiger partial charge on any atom is 0.433 e. The smallest absolute Gasteiger partial charge is 0.362 e. The number of fused-ring (bicyclic) bond motifs is 1. The average Bonchev–Trinajstić information content (AvgIpc) is 2.89. The van der Waals surface area contributed by atoms with Crippen molar-refractivity contribution in [1.82, 2.24) is 10.3 Å². The lowest BCUT2D eigenvalue weighted by Gasteiger charge is -2.21. The SMILES string of the molecule is CCc1c(C)[nH]c2c1C(=NOC(=O)NC1CCCCC1)CCC2. The van der Waals surface area contributed by atoms with Gasteiger partial charge in [-0.2, -0.15) is 0 Å². The van der Waals surface area contributed by atoms with Crippen molar-refractivity contribution in [3.8, 4) is 0 Å². The molecule has 0 bridgehead atoms. The monoisotopic (exact) mass is 317 g/mol. The first-order chi connectivity index (χ1) is 11.2. The average molecular weight is 317 g/mol. The second kappa shape index (κ2) is 7.20. The molecule has 0 saturated heterocycles. The van der Waals surface area contributed by atoms with Gasteiger partial charge in [0.25, 0.3) is 0 Å². The highest BCUT2D eigenvalue weighted by Gasteiger charge is 2.23. The van der Waals surface area contributed by atoms with E-state index < -0.39 is 6.09 Å². The Kier molecular flexibility index (Phi) is 5.03. The maximum absolute atomic E-state index is 12.0. The van der Waals surface area contributed by atoms with Crippen LogP contribution in [0.2, 0.25) is 0 Å². The molecule has 3 rings (SSSR count). The van der Waals surface area contributed by atoms with Crippen molar-refractivity contribution in [2.24, 2.45) is 5.16 Å². The number of aromatic amines is 1. The van der Waals surface area contributed by atoms with Crippen molar-refractivity contribution in [3.05, 3.63) is 22.5 Å². The molecule has 1 saturated carbocycles. The van der Waals surface area contributed by atoms with E-state index in [1.807, 2.05) is 0 Å². The number of aromatic nitrogens is 1. The van der Waals surface area contributed by atoms with Crippen molar-refractivity contribution < 1.29 is 9.63 Å². The number of carbonyl (C=O) groups excluding carboxylic acids is 1. The minimum Gasteiger partial charge on any atom is -0.362 e. The van der Waals surface area contributed by atoms with Crippen LogP contribution in [0.3, 0.4) is 0 Å². The summed E-state index contributed by atoms with van der Waals surface area (Å²) in [6.07, 6.45) is 9.24. The van der Waals surface area contributed by atoms with Crippen LogP contribution < -0.4 is 5.32 Å². The van der Waals surface area contributed by atoms with Crippen molar-refractivity contribution in [3.63, 3.8) is 0 Å². The largest absolute Gasteiger partial charge is 0.433 e. The topological polar surface area (TPSA) is 66.5 Å². The van der Waals surface area contributed by atoms with E-state index in [1.54, 1.807) is 0 Å². The van der Waals surface area contributed by atoms with Gasteiger partial charge >= 0.3 is 6.09 Å². The van der Waals surface area contributed by atoms with E-state index in [2.05, 4.69) is 29.3 Å². The van der Waals surface area contributed by atoms with E-state index in [0.29, 0.717) is 0 Å². The van der Waals surface area contributed by atoms with Crippen LogP contribution in [-0.2, 0) is 17.7 Å². The zero-order chi connectivity index (χ0) is 16.2. The summed E-state index contributed by atoms with van der Waals surface area (Å²) in [4.78, 5) is 20.6. The molecule has 2 aliphatic rings. The fraction of sp³-hybridized carbons (Fsp3) is 0.667. The fourth-order valence-corrected chi connectivity index (χ4v) is 3.90. The Morgan fingerprint density at radius 1 is 1.26 bits per heavy atom. The van der Waals surface area contributed by atoms with E-state index >= 15 is 0 Å². The fourth-order valence-electron chi connectivity index (χ4n) is 3.90. The summed E-state index contributed by atoms with van der Waals surface area (Å²) >= 11 is 0. The molecule has 1 fully saturated rings. The number of amides is 1. The number of hydrogen-bond acceptors (Lipinski definition) is 3. The summed E-state index contributed by atoms with van der Waals surface area (Å²) in [5.41, 5.74) is 5.84. The van der Waals surface area contributed by atoms with Crippen LogP contribution in [0.4, 0.5) is 4.79 Å². The lowest BCUT2D eigenvalue weighted by molar-refractivity contribution is 0.143. The molecule has 0 radical (unpaired) electrons. The van der Waals surface area contributed by atoms with Crippen LogP contribution in [0.25, 0.3) is 0 Å². The third kappa shape index (κ3) is 3.59. The molecule has 126 valence electrons. The first-order valence-electron chi connectivity index (χ1n) is 8.94. The summed E-state index contributed by atoms with van der Waals surface area (Å²) in [5.74, 6) is 0. The second-order valence-electron chi connectivity index (χ2n) is 6.69. The second-order valence-corrected chi connectivity index (χ2v) is 6.69. The Bertz CT molecular complexity index is 598. The molecule has 0 aliphatic heterocycles. The highest BCUT2D eigenvalue weighted by atomic mass is 16.7. The molecule has 0 spiro atoms. The van der Waals surface area contributed by atoms with Crippen molar-refractivity contribution in [2.45, 2.75) is 77.7 Å². The lowest BCUT2D eigenvalue weighted by atomic mass is 9.92. The Morgan fingerprint density at radius 2 is 2.04 bits per heavy atom. The quantitative estimate of drug-likeness (QED) is 0.654. The van der Waals surface area contributed by atoms with Gasteiger partial charge in [0.05, 0.1) is 5.71 Å². The summed E-state index contributed by atoms with van der Waals surface area (Å²) in [6.45, 7) is 4.25. The molecule has 0 aromatic carbocycles. The zero-order valence-corrected chi connectivity index (χ0v) is 14.2. The predicted molar refractivity (Wildman–Crippen MR) is 90.9 cm³/mol. The standard InChI is InChI=1S/C18H27N3O2/c1-3-14-12(2)19-15-10-7-11-16(17(14)15)21-23-18(22)20-13-8-5-4-6-9-13/h13,19H,3-11H2,1-2H3,(H,20,22). The van der Waals surface area contributed by atoms with Gasteiger partial charge in [0.1, 0.15) is 0 Å². The normalized spacial score (nSPS) is 20.3. The van der Waals surface area contributed by atoms with Crippen LogP contribution in [0.15, 0.2) is 5.16 Å². The molecule has 5 nitrogen and oxygen atoms in total. The van der Waals surface area contributed by atoms with Crippen LogP contribution in [0.5, 0.6) is 0 Å². The molecule has 1 heterocycles. The summed E-state index contributed by atoms with van der Waals surface area (Å²) < 4.78 is 0. The number of nitrogens with one attached hydrogen (secondary N) is 2. The minimum atomic E-state index is -0.415. The Morgan fingerprint density at radius 3 is 2.78 bits per heavy atom. The van der Waals surface area contributed by atoms with E-state index in [9.17, 15) is 4.79 Å². The van der Waals surface area contributed by atoms with Crippen LogP contribution in [0, 0.1) is 6.92 Å². The van der Waals surface area contributed by atoms with Gasteiger partial charge in [-0.1, -0.05) is 31.3 Å². The number of H-pyrrole nitrogens is 1. The lowest BCUT2D eigenvalue weighted by Crippen LogP contribution is -2.36. The molecular formula is C18H27N3O2. The molecule has 5 heteroatoms. The Labute approximate surface area is 137 Å². The third-order valence-electron chi connectivity index (χ3n) is 5.04. The van der Waals surface area contributed by atoms with Gasteiger partial charge in [-0.3, -0.25) is 4.84 Å². The van der Waals surface area contributed by atoms with Gasteiger partial charge in [-0.15, -0.1) is 0 Å². The van der Waals surface area contributed by atoms with Crippen LogP contribution in [-0.4, -0.2) is 22.8 Å². The number of hydrogen-bond donors (Lipinski definition) is 2. The molecule has 1 aromatic heterocycles. The first-order valence-corrected chi connectivity index (χ1v) is 8.94. The zero-order valence-electron chi connectivity index (χ0n) is 14.2. The van der Waals surface area contributed by atoms with Gasteiger partial charge in [-0.25, -0.2) is 4.79 Å². The van der Waals surface area contributed by atoms with E-state index in [-0.39, 0.29) is 6.04 Å². The molecular weight excluding hydrogens is 290 g/mol. The molecule has 23 heavy (non-hydrogen) atoms. The molecule has 1 aromatic rings. The number of rotatable bonds is 3. The molecule has 0 unspecified atom stereocenters. The highest BCUT2D eigenvalue weighted by molar-refractivity contribution is 6.04. The van der Waals surface area contributed by atoms with Crippen molar-refractivity contribution in [2.75, 3.05) is 0 Å². The highest BCUT2D eigenvalue weighted by Crippen LogP contribution is 2.28. The number of carbonyl (C=O) groups is 1. The Balaban J connectivity index is 1.68. The minimum absolute atomic E-state index is 0.249. The third-order valence-corrected chi connectivity index (χ3v) is 5.04. The summed E-state index contributed by atoms with van der Waals surface area (Å²) in [5, 5.41) is 7.14. The summed E-state index contributed by atoms with van der Waals surface area (Å²) in [7, 11) is 0. The number of aryl methyl sites for hydroxylation is 2. The molecule has 2 N–H and O–H groups in total. The van der Waals surface area contributed by atoms with Gasteiger partial charge in [0.2, 0.25) is 0 Å². The Hall–Kier alpha value is -1.78. The summed E-state index contributed by atoms with van der Waals surface area (Å²) in [6, 6.07) is 0.249. The number of oxime groups is 1. The first kappa shape index (κ1) is 16.1. The van der Waals surface area contributed by atoms with Crippen molar-refractivity contribution in [1.29, 1.82) is 0 Å². The van der Waals surface area contributed by atoms with Crippen molar-refractivity contribution >= 4 is 11.8 Å². The van der Waals surface area contributed by atoms with Crippen LogP contribution >= 0.6 is 0 Å². The van der Waals surface area contributed by atoms with Gasteiger partial charge in [0.15, 0.2) is 0 Å². The maximum atomic E-state index is 12.0. The van der Waals surface area contributed by atoms with E-state index in [4.69, 9.17) is 4.84 Å². The van der Waals surface area contributed by atoms with E-state index in [0.717, 1.165) is 44.2 Å². The molecule has 0 atom stereocenters. The van der Waals surface area contributed by atoms with Gasteiger partial charge in [0, 0.05) is 23.0 Å². The van der Waals surface area contributed by atoms with Gasteiger partial charge < -0.3 is 10.3 Å². The van der Waals surface area contributed by atoms with Gasteiger partial charge in [-0.05, 0) is 51.0 Å². The van der Waals surface area contributed by atoms with E-state index in [1.165, 1.54) is 41.8 Å². The van der Waals surface area contributed by atoms with Crippen LogP contribution in [0.1, 0.15) is 74.4 Å². The predicted octanol–water partition coefficient (Wildman–Crippen LogP) is 3.98. The molecule has 1 amide bonds. The number of nitrogens with zero attached hydrogens (tertiary/aromatic N) is 1.